The van der Waals surface area contributed by atoms with E-state index in [2.05, 4.69) is 0 Å². The molecular weight excluding hydrogens is 436 g/mol. The fourth-order valence-electron chi connectivity index (χ4n) is 4.22. The highest BCUT2D eigenvalue weighted by Crippen LogP contribution is 2.26. The van der Waals surface area contributed by atoms with Crippen molar-refractivity contribution in [3.05, 3.63) is 52.3 Å². The Morgan fingerprint density at radius 2 is 1.71 bits per heavy atom. The average molecular weight is 473 g/mol. The van der Waals surface area contributed by atoms with E-state index < -0.39 is 12.0 Å². The van der Waals surface area contributed by atoms with Crippen LogP contribution in [0.15, 0.2) is 24.3 Å². The van der Waals surface area contributed by atoms with Crippen LogP contribution < -0.4 is 4.74 Å². The first-order valence-electron chi connectivity index (χ1n) is 11.6. The second-order valence-electron chi connectivity index (χ2n) is 8.01. The molecule has 186 valence electrons. The van der Waals surface area contributed by atoms with Gasteiger partial charge in [0.05, 0.1) is 19.8 Å². The van der Waals surface area contributed by atoms with Crippen molar-refractivity contribution >= 4 is 17.7 Å². The molecule has 8 nitrogen and oxygen atoms in total. The van der Waals surface area contributed by atoms with E-state index in [1.807, 2.05) is 13.8 Å². The topological polar surface area (TPSA) is 87.1 Å². The van der Waals surface area contributed by atoms with E-state index in [1.165, 1.54) is 0 Å². The summed E-state index contributed by atoms with van der Waals surface area (Å²) in [5.41, 5.74) is 2.56. The van der Waals surface area contributed by atoms with Crippen molar-refractivity contribution in [1.82, 2.24) is 9.47 Å². The molecule has 0 saturated heterocycles. The minimum absolute atomic E-state index is 0.216. The maximum Gasteiger partial charge on any atom is 0.355 e. The van der Waals surface area contributed by atoms with E-state index in [1.54, 1.807) is 68.7 Å². The van der Waals surface area contributed by atoms with Crippen LogP contribution in [0, 0.1) is 13.8 Å². The predicted octanol–water partition coefficient (Wildman–Crippen LogP) is 4.06. The summed E-state index contributed by atoms with van der Waals surface area (Å²) in [5, 5.41) is 0. The normalized spacial score (nSPS) is 11.7. The summed E-state index contributed by atoms with van der Waals surface area (Å²) in [6.45, 7) is 10.5. The van der Waals surface area contributed by atoms with E-state index in [-0.39, 0.29) is 18.3 Å². The highest BCUT2D eigenvalue weighted by atomic mass is 16.5. The largest absolute Gasteiger partial charge is 0.497 e. The van der Waals surface area contributed by atoms with Gasteiger partial charge in [0.15, 0.2) is 5.78 Å². The molecule has 0 bridgehead atoms. The van der Waals surface area contributed by atoms with Gasteiger partial charge in [0, 0.05) is 43.6 Å². The highest BCUT2D eigenvalue weighted by Gasteiger charge is 2.33. The van der Waals surface area contributed by atoms with Gasteiger partial charge in [-0.1, -0.05) is 0 Å². The van der Waals surface area contributed by atoms with Crippen LogP contribution in [0.25, 0.3) is 0 Å². The minimum Gasteiger partial charge on any atom is -0.497 e. The molecule has 1 aromatic heterocycles. The van der Waals surface area contributed by atoms with E-state index in [0.29, 0.717) is 59.9 Å². The van der Waals surface area contributed by atoms with Crippen molar-refractivity contribution in [3.63, 3.8) is 0 Å². The van der Waals surface area contributed by atoms with Gasteiger partial charge in [-0.15, -0.1) is 0 Å². The Hall–Kier alpha value is -3.13. The molecular formula is C26H36N2O6. The number of benzene rings is 1. The molecule has 0 spiro atoms. The molecule has 2 aromatic rings. The van der Waals surface area contributed by atoms with Crippen molar-refractivity contribution in [2.75, 3.05) is 34.0 Å². The van der Waals surface area contributed by atoms with Crippen LogP contribution in [0.5, 0.6) is 5.75 Å². The Bertz CT molecular complexity index is 1010. The van der Waals surface area contributed by atoms with Gasteiger partial charge < -0.3 is 23.7 Å². The van der Waals surface area contributed by atoms with Crippen molar-refractivity contribution in [1.29, 1.82) is 0 Å². The first kappa shape index (κ1) is 27.1. The smallest absolute Gasteiger partial charge is 0.355 e. The maximum atomic E-state index is 13.7. The number of amides is 1. The summed E-state index contributed by atoms with van der Waals surface area (Å²) >= 11 is 0. The van der Waals surface area contributed by atoms with E-state index in [0.717, 1.165) is 0 Å². The monoisotopic (exact) mass is 472 g/mol. The van der Waals surface area contributed by atoms with Gasteiger partial charge in [0.2, 0.25) is 0 Å². The number of carbonyl (C=O) groups is 3. The van der Waals surface area contributed by atoms with E-state index in [9.17, 15) is 14.4 Å². The van der Waals surface area contributed by atoms with Crippen molar-refractivity contribution in [2.45, 2.75) is 53.6 Å². The zero-order chi connectivity index (χ0) is 25.4. The molecule has 1 aromatic carbocycles. The third-order valence-electron chi connectivity index (χ3n) is 5.99. The number of Topliss-reactive ketones (excluding diaryl/α,β-unsaturated/α-hetero) is 1. The number of ether oxygens (including phenoxy) is 3. The Morgan fingerprint density at radius 3 is 2.24 bits per heavy atom. The lowest BCUT2D eigenvalue weighted by Gasteiger charge is -2.29. The third-order valence-corrected chi connectivity index (χ3v) is 5.99. The molecule has 0 aliphatic rings. The van der Waals surface area contributed by atoms with Gasteiger partial charge in [-0.25, -0.2) is 4.79 Å². The van der Waals surface area contributed by atoms with Crippen LogP contribution in [-0.2, 0) is 16.0 Å². The molecule has 8 heteroatoms. The van der Waals surface area contributed by atoms with E-state index in [4.69, 9.17) is 14.2 Å². The number of rotatable bonds is 12. The molecule has 0 radical (unpaired) electrons. The van der Waals surface area contributed by atoms with Gasteiger partial charge in [-0.05, 0) is 70.9 Å². The lowest BCUT2D eigenvalue weighted by atomic mass is 9.99. The Balaban J connectivity index is 2.46. The van der Waals surface area contributed by atoms with E-state index >= 15 is 0 Å². The third kappa shape index (κ3) is 5.67. The average Bonchev–Trinajstić information content (AvgIpc) is 3.09. The van der Waals surface area contributed by atoms with Gasteiger partial charge in [0.25, 0.3) is 5.91 Å². The summed E-state index contributed by atoms with van der Waals surface area (Å²) in [6, 6.07) is 6.06. The summed E-state index contributed by atoms with van der Waals surface area (Å²) in [4.78, 5) is 41.3. The quantitative estimate of drug-likeness (QED) is 0.263. The Morgan fingerprint density at radius 1 is 1.06 bits per heavy atom. The number of methoxy groups -OCH3 is 2. The second-order valence-corrected chi connectivity index (χ2v) is 8.01. The van der Waals surface area contributed by atoms with Crippen LogP contribution >= 0.6 is 0 Å². The number of hydrogen-bond donors (Lipinski definition) is 0. The molecule has 1 amide bonds. The van der Waals surface area contributed by atoms with Crippen molar-refractivity contribution in [3.8, 4) is 5.75 Å². The predicted molar refractivity (Wildman–Crippen MR) is 130 cm³/mol. The van der Waals surface area contributed by atoms with Gasteiger partial charge in [-0.2, -0.15) is 0 Å². The molecule has 1 heterocycles. The minimum atomic E-state index is -0.744. The second kappa shape index (κ2) is 12.4. The molecule has 0 aliphatic heterocycles. The van der Waals surface area contributed by atoms with Gasteiger partial charge in [0.1, 0.15) is 11.4 Å². The number of ketones is 1. The van der Waals surface area contributed by atoms with Gasteiger partial charge >= 0.3 is 5.97 Å². The van der Waals surface area contributed by atoms with Crippen LogP contribution in [0.4, 0.5) is 0 Å². The number of esters is 1. The fourth-order valence-corrected chi connectivity index (χ4v) is 4.22. The first-order valence-corrected chi connectivity index (χ1v) is 11.6. The molecule has 0 aliphatic carbocycles. The van der Waals surface area contributed by atoms with Crippen LogP contribution in [0.3, 0.4) is 0 Å². The summed E-state index contributed by atoms with van der Waals surface area (Å²) in [5.74, 6) is -0.282. The molecule has 1 atom stereocenters. The Kier molecular flexibility index (Phi) is 9.86. The first-order chi connectivity index (χ1) is 16.2. The van der Waals surface area contributed by atoms with Crippen molar-refractivity contribution in [2.24, 2.45) is 0 Å². The lowest BCUT2D eigenvalue weighted by molar-refractivity contribution is 0.0512. The zero-order valence-corrected chi connectivity index (χ0v) is 21.3. The van der Waals surface area contributed by atoms with Crippen molar-refractivity contribution < 1.29 is 28.6 Å². The van der Waals surface area contributed by atoms with Gasteiger partial charge in [-0.3, -0.25) is 9.59 Å². The number of aromatic nitrogens is 1. The summed E-state index contributed by atoms with van der Waals surface area (Å²) < 4.78 is 17.4. The van der Waals surface area contributed by atoms with Crippen LogP contribution in [-0.4, -0.2) is 67.1 Å². The highest BCUT2D eigenvalue weighted by molar-refractivity contribution is 6.07. The lowest BCUT2D eigenvalue weighted by Crippen LogP contribution is -2.44. The van der Waals surface area contributed by atoms with Crippen LogP contribution in [0.1, 0.15) is 69.7 Å². The molecule has 34 heavy (non-hydrogen) atoms. The number of hydrogen-bond acceptors (Lipinski definition) is 6. The zero-order valence-electron chi connectivity index (χ0n) is 21.3. The van der Waals surface area contributed by atoms with Crippen LogP contribution in [0.2, 0.25) is 0 Å². The molecule has 2 rings (SSSR count). The molecule has 1 unspecified atom stereocenters. The fraction of sp³-hybridized carbons (Fsp3) is 0.500. The molecule has 0 N–H and O–H groups in total. The maximum absolute atomic E-state index is 13.7. The number of carbonyl (C=O) groups excluding carboxylic acids is 3. The summed E-state index contributed by atoms with van der Waals surface area (Å²) in [6.07, 6.45) is 0.581. The Labute approximate surface area is 201 Å². The SMILES string of the molecule is CCOC(=O)c1c(C)c(C(=O)C(C)N(CCCOC)C(=O)c2ccc(OC)cc2)c(C)n1CC. The standard InChI is InChI=1S/C26H36N2O6/c1-8-27-18(4)22(17(3)23(27)26(31)34-9-2)24(29)19(5)28(15-10-16-32-6)25(30)20-11-13-21(33-7)14-12-20/h11-14,19H,8-10,15-16H2,1-7H3. The molecule has 0 fully saturated rings. The summed E-state index contributed by atoms with van der Waals surface area (Å²) in [7, 11) is 3.16. The molecule has 0 saturated carbocycles. The number of nitrogens with zero attached hydrogens (tertiary/aromatic N) is 2.